The van der Waals surface area contributed by atoms with Crippen molar-refractivity contribution in [2.45, 2.75) is 12.1 Å². The van der Waals surface area contributed by atoms with Gasteiger partial charge in [0.25, 0.3) is 10.9 Å². The van der Waals surface area contributed by atoms with Crippen molar-refractivity contribution in [2.24, 2.45) is 0 Å². The zero-order valence-electron chi connectivity index (χ0n) is 14.6. The van der Waals surface area contributed by atoms with Crippen molar-refractivity contribution in [3.8, 4) is 11.5 Å². The Morgan fingerprint density at radius 2 is 1.93 bits per heavy atom. The van der Waals surface area contributed by atoms with E-state index in [9.17, 15) is 19.7 Å². The Morgan fingerprint density at radius 3 is 2.61 bits per heavy atom. The van der Waals surface area contributed by atoms with Gasteiger partial charge in [-0.25, -0.2) is 0 Å². The van der Waals surface area contributed by atoms with Crippen molar-refractivity contribution in [2.75, 3.05) is 11.1 Å². The minimum atomic E-state index is -0.496. The average Bonchev–Trinajstić information content (AvgIpc) is 3.16. The lowest BCUT2D eigenvalue weighted by molar-refractivity contribution is -0.384. The number of aromatic nitrogens is 2. The predicted octanol–water partition coefficient (Wildman–Crippen LogP) is 3.58. The summed E-state index contributed by atoms with van der Waals surface area (Å²) in [6.45, 7) is 1.45. The number of non-ortho nitro benzene ring substituents is 1. The van der Waals surface area contributed by atoms with Crippen LogP contribution in [-0.2, 0) is 4.79 Å². The third-order valence-electron chi connectivity index (χ3n) is 3.61. The first-order valence-corrected chi connectivity index (χ1v) is 9.03. The number of thioether (sulfide) groups is 1. The fraction of sp³-hybridized carbons (Fsp3) is 0.111. The monoisotopic (exact) mass is 398 g/mol. The van der Waals surface area contributed by atoms with E-state index in [1.54, 1.807) is 24.3 Å². The third-order valence-corrected chi connectivity index (χ3v) is 4.43. The van der Waals surface area contributed by atoms with E-state index in [2.05, 4.69) is 15.5 Å². The molecule has 0 unspecified atom stereocenters. The van der Waals surface area contributed by atoms with Gasteiger partial charge in [0.05, 0.1) is 10.7 Å². The zero-order chi connectivity index (χ0) is 20.1. The number of nitro benzene ring substituents is 1. The second kappa shape index (κ2) is 8.44. The summed E-state index contributed by atoms with van der Waals surface area (Å²) in [5, 5.41) is 21.3. The number of ketones is 1. The van der Waals surface area contributed by atoms with Crippen LogP contribution >= 0.6 is 11.8 Å². The summed E-state index contributed by atoms with van der Waals surface area (Å²) in [5.74, 6) is -0.144. The van der Waals surface area contributed by atoms with E-state index in [0.717, 1.165) is 11.8 Å². The first-order chi connectivity index (χ1) is 13.4. The van der Waals surface area contributed by atoms with Crippen molar-refractivity contribution in [3.63, 3.8) is 0 Å². The van der Waals surface area contributed by atoms with Gasteiger partial charge in [0.2, 0.25) is 11.8 Å². The molecule has 0 radical (unpaired) electrons. The number of benzene rings is 2. The molecule has 3 aromatic rings. The lowest BCUT2D eigenvalue weighted by Gasteiger charge is -2.05. The standard InChI is InChI=1S/C18H14N4O5S/c1-11(23)13-3-2-4-14(9-13)19-16(24)10-28-18-21-20-17(27-18)12-5-7-15(8-6-12)22(25)26/h2-9H,10H2,1H3,(H,19,24). The van der Waals surface area contributed by atoms with Gasteiger partial charge < -0.3 is 9.73 Å². The summed E-state index contributed by atoms with van der Waals surface area (Å²) in [5.41, 5.74) is 1.53. The zero-order valence-corrected chi connectivity index (χ0v) is 15.4. The van der Waals surface area contributed by atoms with Gasteiger partial charge in [-0.15, -0.1) is 10.2 Å². The molecule has 28 heavy (non-hydrogen) atoms. The molecule has 0 aliphatic rings. The van der Waals surface area contributed by atoms with E-state index in [4.69, 9.17) is 4.42 Å². The number of Topliss-reactive ketones (excluding diaryl/α,β-unsaturated/α-hetero) is 1. The minimum absolute atomic E-state index is 0.0339. The Morgan fingerprint density at radius 1 is 1.18 bits per heavy atom. The van der Waals surface area contributed by atoms with Crippen molar-refractivity contribution < 1.29 is 18.9 Å². The molecule has 0 fully saturated rings. The summed E-state index contributed by atoms with van der Waals surface area (Å²) >= 11 is 1.05. The molecule has 1 heterocycles. The van der Waals surface area contributed by atoms with Gasteiger partial charge in [-0.05, 0) is 31.2 Å². The Labute approximate surface area is 163 Å². The predicted molar refractivity (Wildman–Crippen MR) is 102 cm³/mol. The van der Waals surface area contributed by atoms with Crippen LogP contribution in [0.3, 0.4) is 0 Å². The molecule has 142 valence electrons. The van der Waals surface area contributed by atoms with Crippen molar-refractivity contribution in [3.05, 3.63) is 64.2 Å². The highest BCUT2D eigenvalue weighted by Crippen LogP contribution is 2.25. The number of carbonyl (C=O) groups excluding carboxylic acids is 2. The van der Waals surface area contributed by atoms with Gasteiger partial charge in [0.1, 0.15) is 0 Å². The minimum Gasteiger partial charge on any atom is -0.411 e. The molecule has 1 amide bonds. The first kappa shape index (κ1) is 19.2. The number of carbonyl (C=O) groups is 2. The molecular formula is C18H14N4O5S. The van der Waals surface area contributed by atoms with E-state index < -0.39 is 4.92 Å². The number of anilines is 1. The molecular weight excluding hydrogens is 384 g/mol. The highest BCUT2D eigenvalue weighted by atomic mass is 32.2. The fourth-order valence-electron chi connectivity index (χ4n) is 2.25. The lowest BCUT2D eigenvalue weighted by Crippen LogP contribution is -2.14. The molecule has 3 rings (SSSR count). The van der Waals surface area contributed by atoms with Crippen LogP contribution in [0.5, 0.6) is 0 Å². The maximum atomic E-state index is 12.1. The third kappa shape index (κ3) is 4.80. The van der Waals surface area contributed by atoms with Crippen LogP contribution in [0.4, 0.5) is 11.4 Å². The molecule has 2 aromatic carbocycles. The quantitative estimate of drug-likeness (QED) is 0.277. The second-order valence-electron chi connectivity index (χ2n) is 5.65. The Kier molecular flexibility index (Phi) is 5.80. The highest BCUT2D eigenvalue weighted by Gasteiger charge is 2.13. The van der Waals surface area contributed by atoms with Crippen LogP contribution in [0.25, 0.3) is 11.5 Å². The van der Waals surface area contributed by atoms with Crippen LogP contribution in [0, 0.1) is 10.1 Å². The molecule has 0 bridgehead atoms. The molecule has 0 atom stereocenters. The van der Waals surface area contributed by atoms with E-state index in [1.807, 2.05) is 0 Å². The number of hydrogen-bond acceptors (Lipinski definition) is 8. The van der Waals surface area contributed by atoms with Crippen LogP contribution in [0.1, 0.15) is 17.3 Å². The largest absolute Gasteiger partial charge is 0.411 e. The SMILES string of the molecule is CC(=O)c1cccc(NC(=O)CSc2nnc(-c3ccc([N+](=O)[O-])cc3)o2)c1. The number of nitrogens with zero attached hydrogens (tertiary/aromatic N) is 3. The summed E-state index contributed by atoms with van der Waals surface area (Å²) in [6, 6.07) is 12.4. The fourth-order valence-corrected chi connectivity index (χ4v) is 2.81. The average molecular weight is 398 g/mol. The summed E-state index contributed by atoms with van der Waals surface area (Å²) in [4.78, 5) is 33.6. The number of amides is 1. The Balaban J connectivity index is 1.58. The summed E-state index contributed by atoms with van der Waals surface area (Å²) < 4.78 is 5.47. The van der Waals surface area contributed by atoms with Crippen LogP contribution in [-0.4, -0.2) is 32.6 Å². The topological polar surface area (TPSA) is 128 Å². The van der Waals surface area contributed by atoms with Crippen LogP contribution in [0.2, 0.25) is 0 Å². The Bertz CT molecular complexity index is 1030. The molecule has 9 nitrogen and oxygen atoms in total. The highest BCUT2D eigenvalue weighted by molar-refractivity contribution is 7.99. The smallest absolute Gasteiger partial charge is 0.277 e. The molecule has 0 saturated heterocycles. The second-order valence-corrected chi connectivity index (χ2v) is 6.58. The van der Waals surface area contributed by atoms with Gasteiger partial charge in [-0.1, -0.05) is 23.9 Å². The van der Waals surface area contributed by atoms with Gasteiger partial charge in [0.15, 0.2) is 5.78 Å². The van der Waals surface area contributed by atoms with Crippen molar-refractivity contribution in [1.82, 2.24) is 10.2 Å². The van der Waals surface area contributed by atoms with Gasteiger partial charge in [-0.2, -0.15) is 0 Å². The number of nitrogens with one attached hydrogen (secondary N) is 1. The van der Waals surface area contributed by atoms with Crippen molar-refractivity contribution >= 4 is 34.8 Å². The van der Waals surface area contributed by atoms with Gasteiger partial charge in [0, 0.05) is 28.9 Å². The lowest BCUT2D eigenvalue weighted by atomic mass is 10.1. The van der Waals surface area contributed by atoms with E-state index >= 15 is 0 Å². The van der Waals surface area contributed by atoms with Gasteiger partial charge in [-0.3, -0.25) is 19.7 Å². The van der Waals surface area contributed by atoms with E-state index in [-0.39, 0.29) is 34.2 Å². The number of rotatable bonds is 7. The van der Waals surface area contributed by atoms with Crippen LogP contribution in [0.15, 0.2) is 58.2 Å². The van der Waals surface area contributed by atoms with Gasteiger partial charge >= 0.3 is 0 Å². The Hall–Kier alpha value is -3.53. The molecule has 1 aromatic heterocycles. The first-order valence-electron chi connectivity index (χ1n) is 8.04. The summed E-state index contributed by atoms with van der Waals surface area (Å²) in [6.07, 6.45) is 0. The summed E-state index contributed by atoms with van der Waals surface area (Å²) in [7, 11) is 0. The number of nitro groups is 1. The van der Waals surface area contributed by atoms with Crippen molar-refractivity contribution in [1.29, 1.82) is 0 Å². The maximum absolute atomic E-state index is 12.1. The molecule has 0 aliphatic heterocycles. The molecule has 0 spiro atoms. The normalized spacial score (nSPS) is 10.5. The van der Waals surface area contributed by atoms with E-state index in [0.29, 0.717) is 16.8 Å². The number of hydrogen-bond donors (Lipinski definition) is 1. The maximum Gasteiger partial charge on any atom is 0.277 e. The molecule has 0 aliphatic carbocycles. The molecule has 1 N–H and O–H groups in total. The molecule has 0 saturated carbocycles. The molecule has 10 heteroatoms. The van der Waals surface area contributed by atoms with E-state index in [1.165, 1.54) is 31.2 Å². The van der Waals surface area contributed by atoms with Crippen LogP contribution < -0.4 is 5.32 Å².